The summed E-state index contributed by atoms with van der Waals surface area (Å²) in [7, 11) is 3.37. The number of methoxy groups -OCH3 is 2. The average Bonchev–Trinajstić information content (AvgIpc) is 2.42. The van der Waals surface area contributed by atoms with Gasteiger partial charge in [-0.3, -0.25) is 0 Å². The molecular weight excluding hydrogens is 228 g/mol. The van der Waals surface area contributed by atoms with E-state index in [1.54, 1.807) is 14.2 Å². The summed E-state index contributed by atoms with van der Waals surface area (Å²) in [5.74, 6) is 1.79. The van der Waals surface area contributed by atoms with Crippen LogP contribution in [0.4, 0.5) is 0 Å². The number of rotatable bonds is 9. The summed E-state index contributed by atoms with van der Waals surface area (Å²) in [6.45, 7) is 2.73. The average molecular weight is 252 g/mol. The standard InChI is InChI=1S/C14H24N2O2/c1-17-13-5-6-14(18-2)12(11-13)7-10-16-9-4-3-8-15/h5-6,11,16H,3-4,7-10,15H2,1-2H3. The van der Waals surface area contributed by atoms with Gasteiger partial charge in [-0.15, -0.1) is 0 Å². The van der Waals surface area contributed by atoms with Gasteiger partial charge in [-0.25, -0.2) is 0 Å². The molecule has 0 aliphatic heterocycles. The molecule has 0 bridgehead atoms. The molecule has 1 aromatic rings. The third kappa shape index (κ3) is 4.94. The second-order valence-electron chi connectivity index (χ2n) is 4.17. The summed E-state index contributed by atoms with van der Waals surface area (Å²) in [5.41, 5.74) is 6.62. The molecule has 3 N–H and O–H groups in total. The molecule has 1 aromatic carbocycles. The van der Waals surface area contributed by atoms with Crippen LogP contribution < -0.4 is 20.5 Å². The zero-order valence-electron chi connectivity index (χ0n) is 11.4. The molecule has 102 valence electrons. The van der Waals surface area contributed by atoms with Crippen LogP contribution in [0.15, 0.2) is 18.2 Å². The Balaban J connectivity index is 2.39. The minimum atomic E-state index is 0.769. The molecule has 0 saturated carbocycles. The van der Waals surface area contributed by atoms with Crippen LogP contribution in [0.2, 0.25) is 0 Å². The van der Waals surface area contributed by atoms with Gasteiger partial charge < -0.3 is 20.5 Å². The quantitative estimate of drug-likeness (QED) is 0.655. The van der Waals surface area contributed by atoms with Crippen molar-refractivity contribution in [1.29, 1.82) is 0 Å². The van der Waals surface area contributed by atoms with Gasteiger partial charge in [-0.2, -0.15) is 0 Å². The fraction of sp³-hybridized carbons (Fsp3) is 0.571. The number of nitrogens with one attached hydrogen (secondary N) is 1. The molecule has 0 radical (unpaired) electrons. The van der Waals surface area contributed by atoms with Crippen molar-refractivity contribution in [2.24, 2.45) is 5.73 Å². The summed E-state index contributed by atoms with van der Waals surface area (Å²) in [6.07, 6.45) is 3.14. The fourth-order valence-electron chi connectivity index (χ4n) is 1.82. The molecule has 0 fully saturated rings. The molecule has 4 heteroatoms. The number of ether oxygens (including phenoxy) is 2. The van der Waals surface area contributed by atoms with Crippen LogP contribution in [0.25, 0.3) is 0 Å². The Kier molecular flexibility index (Phi) is 7.22. The third-order valence-electron chi connectivity index (χ3n) is 2.87. The molecule has 0 atom stereocenters. The van der Waals surface area contributed by atoms with Crippen molar-refractivity contribution in [3.05, 3.63) is 23.8 Å². The van der Waals surface area contributed by atoms with E-state index in [4.69, 9.17) is 15.2 Å². The molecule has 0 aliphatic carbocycles. The van der Waals surface area contributed by atoms with Crippen LogP contribution in [0.1, 0.15) is 18.4 Å². The van der Waals surface area contributed by atoms with E-state index in [9.17, 15) is 0 Å². The van der Waals surface area contributed by atoms with Crippen LogP contribution in [0.3, 0.4) is 0 Å². The second-order valence-corrected chi connectivity index (χ2v) is 4.17. The van der Waals surface area contributed by atoms with E-state index in [0.29, 0.717) is 0 Å². The van der Waals surface area contributed by atoms with Crippen LogP contribution in [-0.2, 0) is 6.42 Å². The maximum Gasteiger partial charge on any atom is 0.122 e. The molecule has 0 saturated heterocycles. The Morgan fingerprint density at radius 3 is 2.61 bits per heavy atom. The van der Waals surface area contributed by atoms with Gasteiger partial charge in [-0.05, 0) is 62.7 Å². The molecule has 0 aromatic heterocycles. The van der Waals surface area contributed by atoms with Crippen LogP contribution in [-0.4, -0.2) is 33.9 Å². The van der Waals surface area contributed by atoms with E-state index < -0.39 is 0 Å². The highest BCUT2D eigenvalue weighted by molar-refractivity contribution is 5.40. The zero-order valence-corrected chi connectivity index (χ0v) is 11.4. The topological polar surface area (TPSA) is 56.5 Å². The van der Waals surface area contributed by atoms with E-state index >= 15 is 0 Å². The lowest BCUT2D eigenvalue weighted by Crippen LogP contribution is -2.19. The highest BCUT2D eigenvalue weighted by Gasteiger charge is 2.04. The lowest BCUT2D eigenvalue weighted by atomic mass is 10.1. The molecule has 4 nitrogen and oxygen atoms in total. The first-order chi connectivity index (χ1) is 8.81. The van der Waals surface area contributed by atoms with Crippen LogP contribution >= 0.6 is 0 Å². The predicted octanol–water partition coefficient (Wildman–Crippen LogP) is 1.57. The first-order valence-corrected chi connectivity index (χ1v) is 6.43. The second kappa shape index (κ2) is 8.78. The number of hydrogen-bond donors (Lipinski definition) is 2. The third-order valence-corrected chi connectivity index (χ3v) is 2.87. The maximum atomic E-state index is 5.45. The van der Waals surface area contributed by atoms with Gasteiger partial charge in [0, 0.05) is 0 Å². The number of nitrogens with two attached hydrogens (primary N) is 1. The lowest BCUT2D eigenvalue weighted by molar-refractivity contribution is 0.398. The Bertz CT molecular complexity index is 343. The van der Waals surface area contributed by atoms with Gasteiger partial charge in [0.25, 0.3) is 0 Å². The van der Waals surface area contributed by atoms with Crippen molar-refractivity contribution in [1.82, 2.24) is 5.32 Å². The van der Waals surface area contributed by atoms with Crippen molar-refractivity contribution in [3.8, 4) is 11.5 Å². The molecule has 0 amide bonds. The SMILES string of the molecule is COc1ccc(OC)c(CCNCCCCN)c1. The van der Waals surface area contributed by atoms with E-state index in [1.807, 2.05) is 18.2 Å². The minimum absolute atomic E-state index is 0.769. The highest BCUT2D eigenvalue weighted by atomic mass is 16.5. The van der Waals surface area contributed by atoms with E-state index in [2.05, 4.69) is 5.32 Å². The Labute approximate surface area is 109 Å². The molecular formula is C14H24N2O2. The summed E-state index contributed by atoms with van der Waals surface area (Å²) in [5, 5.41) is 3.41. The number of benzene rings is 1. The highest BCUT2D eigenvalue weighted by Crippen LogP contribution is 2.23. The fourth-order valence-corrected chi connectivity index (χ4v) is 1.82. The first kappa shape index (κ1) is 14.8. The van der Waals surface area contributed by atoms with Gasteiger partial charge in [0.15, 0.2) is 0 Å². The van der Waals surface area contributed by atoms with Gasteiger partial charge in [0.2, 0.25) is 0 Å². The number of hydrogen-bond acceptors (Lipinski definition) is 4. The van der Waals surface area contributed by atoms with Crippen molar-refractivity contribution in [2.75, 3.05) is 33.9 Å². The van der Waals surface area contributed by atoms with Crippen molar-refractivity contribution in [2.45, 2.75) is 19.3 Å². The van der Waals surface area contributed by atoms with E-state index in [-0.39, 0.29) is 0 Å². The molecule has 0 aliphatic rings. The summed E-state index contributed by atoms with van der Waals surface area (Å²) in [6, 6.07) is 5.89. The van der Waals surface area contributed by atoms with Gasteiger partial charge in [0.05, 0.1) is 14.2 Å². The van der Waals surface area contributed by atoms with Crippen molar-refractivity contribution >= 4 is 0 Å². The Morgan fingerprint density at radius 2 is 1.94 bits per heavy atom. The zero-order chi connectivity index (χ0) is 13.2. The van der Waals surface area contributed by atoms with Gasteiger partial charge in [-0.1, -0.05) is 0 Å². The maximum absolute atomic E-state index is 5.45. The summed E-state index contributed by atoms with van der Waals surface area (Å²) in [4.78, 5) is 0. The minimum Gasteiger partial charge on any atom is -0.497 e. The van der Waals surface area contributed by atoms with Gasteiger partial charge >= 0.3 is 0 Å². The Hall–Kier alpha value is -1.26. The monoisotopic (exact) mass is 252 g/mol. The molecule has 18 heavy (non-hydrogen) atoms. The molecule has 0 unspecified atom stereocenters. The largest absolute Gasteiger partial charge is 0.497 e. The first-order valence-electron chi connectivity index (χ1n) is 6.43. The normalized spacial score (nSPS) is 10.4. The number of unbranched alkanes of at least 4 members (excludes halogenated alkanes) is 1. The molecule has 0 spiro atoms. The lowest BCUT2D eigenvalue weighted by Gasteiger charge is -2.11. The van der Waals surface area contributed by atoms with Crippen LogP contribution in [0.5, 0.6) is 11.5 Å². The molecule has 0 heterocycles. The van der Waals surface area contributed by atoms with Crippen LogP contribution in [0, 0.1) is 0 Å². The van der Waals surface area contributed by atoms with E-state index in [1.165, 1.54) is 5.56 Å². The molecule has 1 rings (SSSR count). The predicted molar refractivity (Wildman–Crippen MR) is 74.4 cm³/mol. The van der Waals surface area contributed by atoms with Gasteiger partial charge in [0.1, 0.15) is 11.5 Å². The summed E-state index contributed by atoms with van der Waals surface area (Å²) >= 11 is 0. The smallest absolute Gasteiger partial charge is 0.122 e. The Morgan fingerprint density at radius 1 is 1.11 bits per heavy atom. The van der Waals surface area contributed by atoms with Crippen molar-refractivity contribution < 1.29 is 9.47 Å². The van der Waals surface area contributed by atoms with E-state index in [0.717, 1.165) is 50.4 Å². The summed E-state index contributed by atoms with van der Waals surface area (Å²) < 4.78 is 10.6. The van der Waals surface area contributed by atoms with Crippen molar-refractivity contribution in [3.63, 3.8) is 0 Å².